The molecule has 5 rings (SSSR count). The van der Waals surface area contributed by atoms with Crippen LogP contribution in [0.25, 0.3) is 21.9 Å². The van der Waals surface area contributed by atoms with Crippen LogP contribution in [0.2, 0.25) is 0 Å². The second-order valence-electron chi connectivity index (χ2n) is 7.81. The highest BCUT2D eigenvalue weighted by Gasteiger charge is 2.53. The third kappa shape index (κ3) is 3.21. The van der Waals surface area contributed by atoms with E-state index in [1.165, 1.54) is 13.3 Å². The minimum Gasteiger partial charge on any atom is -0.491 e. The molecule has 10 heteroatoms. The third-order valence-corrected chi connectivity index (χ3v) is 5.73. The molecule has 10 nitrogen and oxygen atoms in total. The molecule has 1 aromatic carbocycles. The van der Waals surface area contributed by atoms with Gasteiger partial charge in [0.25, 0.3) is 0 Å². The summed E-state index contributed by atoms with van der Waals surface area (Å²) in [5.41, 5.74) is 11.3. The van der Waals surface area contributed by atoms with Gasteiger partial charge in [-0.25, -0.2) is 15.0 Å². The molecule has 0 bridgehead atoms. The largest absolute Gasteiger partial charge is 0.491 e. The molecule has 4 unspecified atom stereocenters. The molecule has 1 aliphatic heterocycles. The molecule has 160 valence electrons. The summed E-state index contributed by atoms with van der Waals surface area (Å²) in [5, 5.41) is 23.3. The van der Waals surface area contributed by atoms with E-state index >= 15 is 0 Å². The van der Waals surface area contributed by atoms with Crippen molar-refractivity contribution in [1.29, 1.82) is 0 Å². The molecule has 3 aromatic heterocycles. The van der Waals surface area contributed by atoms with Crippen molar-refractivity contribution < 1.29 is 19.7 Å². The van der Waals surface area contributed by atoms with Crippen LogP contribution in [0.3, 0.4) is 0 Å². The Bertz CT molecular complexity index is 1270. The van der Waals surface area contributed by atoms with Gasteiger partial charge in [0.1, 0.15) is 53.8 Å². The van der Waals surface area contributed by atoms with Gasteiger partial charge in [-0.2, -0.15) is 0 Å². The van der Waals surface area contributed by atoms with Gasteiger partial charge in [-0.15, -0.1) is 0 Å². The van der Waals surface area contributed by atoms with Crippen LogP contribution in [-0.4, -0.2) is 54.1 Å². The van der Waals surface area contributed by atoms with Crippen LogP contribution in [0.5, 0.6) is 5.75 Å². The SMILES string of the molecule is CC1(O)C(COc2ccc3ccc(N)nc3c2)OC(n2ccc3c(N)ncnc32)C1O. The predicted molar refractivity (Wildman–Crippen MR) is 114 cm³/mol. The van der Waals surface area contributed by atoms with Crippen LogP contribution in [0.1, 0.15) is 13.2 Å². The number of fused-ring (bicyclic) bond motifs is 2. The van der Waals surface area contributed by atoms with Crippen LogP contribution in [-0.2, 0) is 4.74 Å². The molecule has 1 aliphatic rings. The number of anilines is 2. The highest BCUT2D eigenvalue weighted by molar-refractivity contribution is 5.86. The Balaban J connectivity index is 1.38. The Morgan fingerprint density at radius 1 is 1.19 bits per heavy atom. The second-order valence-corrected chi connectivity index (χ2v) is 7.81. The molecule has 4 heterocycles. The maximum absolute atomic E-state index is 11.0. The number of hydrogen-bond acceptors (Lipinski definition) is 9. The highest BCUT2D eigenvalue weighted by Crippen LogP contribution is 2.39. The summed E-state index contributed by atoms with van der Waals surface area (Å²) >= 11 is 0. The molecule has 0 spiro atoms. The fourth-order valence-electron chi connectivity index (χ4n) is 3.86. The summed E-state index contributed by atoms with van der Waals surface area (Å²) < 4.78 is 13.5. The smallest absolute Gasteiger partial charge is 0.164 e. The van der Waals surface area contributed by atoms with Crippen molar-refractivity contribution in [2.75, 3.05) is 18.1 Å². The second kappa shape index (κ2) is 7.05. The number of nitrogen functional groups attached to an aromatic ring is 2. The van der Waals surface area contributed by atoms with E-state index in [1.807, 2.05) is 12.1 Å². The monoisotopic (exact) mass is 422 g/mol. The number of nitrogens with two attached hydrogens (primary N) is 2. The van der Waals surface area contributed by atoms with E-state index in [0.717, 1.165) is 5.39 Å². The average molecular weight is 422 g/mol. The quantitative estimate of drug-likeness (QED) is 0.380. The van der Waals surface area contributed by atoms with Crippen molar-refractivity contribution in [1.82, 2.24) is 19.5 Å². The van der Waals surface area contributed by atoms with Crippen LogP contribution >= 0.6 is 0 Å². The number of aromatic nitrogens is 4. The number of nitrogens with zero attached hydrogens (tertiary/aromatic N) is 4. The van der Waals surface area contributed by atoms with E-state index in [1.54, 1.807) is 35.0 Å². The molecule has 6 N–H and O–H groups in total. The molecule has 4 aromatic rings. The molecular formula is C21H22N6O4. The standard InChI is InChI=1S/C21H22N6O4/c1-21(29)15(9-30-12-4-2-11-3-5-16(22)26-14(11)8-12)31-20(17(21)28)27-7-6-13-18(23)24-10-25-19(13)27/h2-8,10,15,17,20,28-29H,9H2,1H3,(H2,22,26)(H2,23,24,25). The molecule has 31 heavy (non-hydrogen) atoms. The van der Waals surface area contributed by atoms with Crippen LogP contribution in [0, 0.1) is 0 Å². The third-order valence-electron chi connectivity index (χ3n) is 5.73. The van der Waals surface area contributed by atoms with Gasteiger partial charge in [0.2, 0.25) is 0 Å². The Kier molecular flexibility index (Phi) is 4.43. The van der Waals surface area contributed by atoms with Gasteiger partial charge in [-0.1, -0.05) is 0 Å². The van der Waals surface area contributed by atoms with E-state index < -0.39 is 24.0 Å². The van der Waals surface area contributed by atoms with Gasteiger partial charge >= 0.3 is 0 Å². The summed E-state index contributed by atoms with van der Waals surface area (Å²) in [5.74, 6) is 1.30. The summed E-state index contributed by atoms with van der Waals surface area (Å²) in [6, 6.07) is 10.8. The number of pyridine rings is 1. The van der Waals surface area contributed by atoms with Crippen LogP contribution in [0.4, 0.5) is 11.6 Å². The zero-order valence-electron chi connectivity index (χ0n) is 16.7. The first-order valence-corrected chi connectivity index (χ1v) is 9.76. The predicted octanol–water partition coefficient (Wildman–Crippen LogP) is 1.23. The van der Waals surface area contributed by atoms with E-state index in [-0.39, 0.29) is 6.61 Å². The summed E-state index contributed by atoms with van der Waals surface area (Å²) in [4.78, 5) is 12.5. The van der Waals surface area contributed by atoms with Crippen molar-refractivity contribution in [3.8, 4) is 5.75 Å². The Morgan fingerprint density at radius 3 is 2.84 bits per heavy atom. The van der Waals surface area contributed by atoms with Crippen molar-refractivity contribution in [2.45, 2.75) is 31.0 Å². The van der Waals surface area contributed by atoms with E-state index in [2.05, 4.69) is 15.0 Å². The fourth-order valence-corrected chi connectivity index (χ4v) is 3.86. The fraction of sp³-hybridized carbons (Fsp3) is 0.286. The van der Waals surface area contributed by atoms with Crippen molar-refractivity contribution >= 4 is 33.6 Å². The molecule has 0 saturated carbocycles. The van der Waals surface area contributed by atoms with Gasteiger partial charge in [-0.05, 0) is 37.3 Å². The molecule has 0 aliphatic carbocycles. The lowest BCUT2D eigenvalue weighted by Crippen LogP contribution is -2.47. The first-order chi connectivity index (χ1) is 14.8. The minimum absolute atomic E-state index is 0.0186. The Hall–Kier alpha value is -3.47. The number of benzene rings is 1. The summed E-state index contributed by atoms with van der Waals surface area (Å²) in [6.07, 6.45) is 0.157. The molecule has 1 fully saturated rings. The molecule has 0 radical (unpaired) electrons. The molecular weight excluding hydrogens is 400 g/mol. The van der Waals surface area contributed by atoms with E-state index in [9.17, 15) is 10.2 Å². The lowest BCUT2D eigenvalue weighted by Gasteiger charge is -2.26. The van der Waals surface area contributed by atoms with Crippen molar-refractivity contribution in [2.24, 2.45) is 0 Å². The van der Waals surface area contributed by atoms with Gasteiger partial charge in [0.05, 0.1) is 10.9 Å². The maximum Gasteiger partial charge on any atom is 0.164 e. The van der Waals surface area contributed by atoms with E-state index in [0.29, 0.717) is 33.9 Å². The lowest BCUT2D eigenvalue weighted by atomic mass is 9.95. The molecule has 4 atom stereocenters. The van der Waals surface area contributed by atoms with Gasteiger partial charge in [-0.3, -0.25) is 0 Å². The van der Waals surface area contributed by atoms with E-state index in [4.69, 9.17) is 20.9 Å². The maximum atomic E-state index is 11.0. The van der Waals surface area contributed by atoms with Crippen molar-refractivity contribution in [3.63, 3.8) is 0 Å². The zero-order valence-corrected chi connectivity index (χ0v) is 16.7. The topological polar surface area (TPSA) is 155 Å². The van der Waals surface area contributed by atoms with Gasteiger partial charge < -0.3 is 35.7 Å². The number of ether oxygens (including phenoxy) is 2. The minimum atomic E-state index is -1.56. The average Bonchev–Trinajstić information content (AvgIpc) is 3.26. The number of hydrogen-bond donors (Lipinski definition) is 4. The zero-order chi connectivity index (χ0) is 21.8. The highest BCUT2D eigenvalue weighted by atomic mass is 16.6. The first-order valence-electron chi connectivity index (χ1n) is 9.76. The first kappa shape index (κ1) is 19.5. The van der Waals surface area contributed by atoms with Crippen molar-refractivity contribution in [3.05, 3.63) is 48.9 Å². The Morgan fingerprint density at radius 2 is 2.00 bits per heavy atom. The summed E-state index contributed by atoms with van der Waals surface area (Å²) in [7, 11) is 0. The Labute approximate surface area is 177 Å². The summed E-state index contributed by atoms with van der Waals surface area (Å²) in [6.45, 7) is 1.54. The van der Waals surface area contributed by atoms with Crippen LogP contribution in [0.15, 0.2) is 48.9 Å². The van der Waals surface area contributed by atoms with Crippen LogP contribution < -0.4 is 16.2 Å². The molecule has 0 amide bonds. The molecule has 1 saturated heterocycles. The lowest BCUT2D eigenvalue weighted by molar-refractivity contribution is -0.0765. The number of rotatable bonds is 4. The normalized spacial score (nSPS) is 26.0. The van der Waals surface area contributed by atoms with Gasteiger partial charge in [0, 0.05) is 17.6 Å². The number of aliphatic hydroxyl groups excluding tert-OH is 1. The number of aliphatic hydroxyl groups is 2. The van der Waals surface area contributed by atoms with Gasteiger partial charge in [0.15, 0.2) is 6.23 Å².